The summed E-state index contributed by atoms with van der Waals surface area (Å²) in [6.45, 7) is 8.87. The van der Waals surface area contributed by atoms with Gasteiger partial charge in [0.1, 0.15) is 54.1 Å². The molecule has 0 saturated carbocycles. The minimum Gasteiger partial charge on any atom is -0.508 e. The van der Waals surface area contributed by atoms with E-state index in [0.29, 0.717) is 17.5 Å². The van der Waals surface area contributed by atoms with Gasteiger partial charge in [-0.1, -0.05) is 112 Å². The van der Waals surface area contributed by atoms with E-state index < -0.39 is 156 Å². The lowest BCUT2D eigenvalue weighted by Gasteiger charge is -2.29. The third-order valence-corrected chi connectivity index (χ3v) is 16.5. The van der Waals surface area contributed by atoms with E-state index in [0.717, 1.165) is 17.3 Å². The van der Waals surface area contributed by atoms with Gasteiger partial charge >= 0.3 is 0 Å². The summed E-state index contributed by atoms with van der Waals surface area (Å²) in [4.78, 5) is 179. The first kappa shape index (κ1) is 77.8. The summed E-state index contributed by atoms with van der Waals surface area (Å²) in [5.74, 6) is -11.1. The van der Waals surface area contributed by atoms with E-state index in [2.05, 4.69) is 60.5 Å². The highest BCUT2D eigenvalue weighted by Gasteiger charge is 2.40. The maximum absolute atomic E-state index is 14.6. The zero-order valence-electron chi connectivity index (χ0n) is 53.7. The Balaban J connectivity index is 1.56. The van der Waals surface area contributed by atoms with Gasteiger partial charge < -0.3 is 80.8 Å². The second kappa shape index (κ2) is 39.8. The Labute approximate surface area is 557 Å². The number of amides is 12. The lowest BCUT2D eigenvalue weighted by atomic mass is 9.99. The van der Waals surface area contributed by atoms with Crippen molar-refractivity contribution in [3.05, 3.63) is 102 Å². The molecule has 514 valence electrons. The Bertz CT molecular complexity index is 3080. The molecule has 30 heteroatoms. The number of aromatic hydroxyl groups is 1. The number of primary amides is 2. The number of nitrogens with one attached hydrogen (secondary N) is 9. The molecule has 0 aliphatic carbocycles. The zero-order valence-corrected chi connectivity index (χ0v) is 55.4. The topological polar surface area (TPSA) is 458 Å². The van der Waals surface area contributed by atoms with Gasteiger partial charge in [-0.2, -0.15) is 12.6 Å². The Morgan fingerprint density at radius 1 is 0.596 bits per heavy atom. The Kier molecular flexibility index (Phi) is 33.0. The van der Waals surface area contributed by atoms with Crippen LogP contribution >= 0.6 is 24.4 Å². The quantitative estimate of drug-likeness (QED) is 0.0229. The maximum atomic E-state index is 14.6. The van der Waals surface area contributed by atoms with Gasteiger partial charge in [0, 0.05) is 50.8 Å². The summed E-state index contributed by atoms with van der Waals surface area (Å²) >= 11 is 5.22. The molecule has 0 bridgehead atoms. The zero-order chi connectivity index (χ0) is 69.6. The number of carbonyl (C=O) groups is 13. The third-order valence-electron chi connectivity index (χ3n) is 15.2. The van der Waals surface area contributed by atoms with Crippen LogP contribution in [0.25, 0.3) is 0 Å². The second-order valence-electron chi connectivity index (χ2n) is 23.8. The summed E-state index contributed by atoms with van der Waals surface area (Å²) in [7, 11) is 0. The average Bonchev–Trinajstić information content (AvgIpc) is 1.56. The highest BCUT2D eigenvalue weighted by atomic mass is 32.2. The molecule has 1 heterocycles. The summed E-state index contributed by atoms with van der Waals surface area (Å²) in [6.07, 6.45) is -0.739. The van der Waals surface area contributed by atoms with Crippen molar-refractivity contribution in [1.29, 1.82) is 0 Å². The van der Waals surface area contributed by atoms with Crippen molar-refractivity contribution in [2.24, 2.45) is 34.8 Å². The number of benzene rings is 3. The fourth-order valence-electron chi connectivity index (χ4n) is 10.2. The van der Waals surface area contributed by atoms with E-state index in [9.17, 15) is 67.4 Å². The van der Waals surface area contributed by atoms with Gasteiger partial charge in [0.25, 0.3) is 0 Å². The van der Waals surface area contributed by atoms with E-state index >= 15 is 0 Å². The second-order valence-corrected chi connectivity index (χ2v) is 25.2. The lowest BCUT2D eigenvalue weighted by molar-refractivity contribution is -0.140. The van der Waals surface area contributed by atoms with Gasteiger partial charge in [0.15, 0.2) is 0 Å². The van der Waals surface area contributed by atoms with Gasteiger partial charge in [-0.3, -0.25) is 62.3 Å². The molecule has 4 rings (SSSR count). The van der Waals surface area contributed by atoms with Crippen LogP contribution in [-0.2, 0) is 81.6 Å². The molecule has 18 N–H and O–H groups in total. The van der Waals surface area contributed by atoms with Gasteiger partial charge in [0.05, 0.1) is 18.5 Å². The van der Waals surface area contributed by atoms with Crippen LogP contribution in [0.3, 0.4) is 0 Å². The van der Waals surface area contributed by atoms with Gasteiger partial charge in [0.2, 0.25) is 76.0 Å². The number of rotatable bonds is 39. The van der Waals surface area contributed by atoms with Crippen molar-refractivity contribution in [3.8, 4) is 5.75 Å². The number of nitrogens with zero attached hydrogens (tertiary/aromatic N) is 1. The van der Waals surface area contributed by atoms with Crippen LogP contribution in [0.15, 0.2) is 84.9 Å². The molecule has 1 saturated heterocycles. The Morgan fingerprint density at radius 2 is 1.09 bits per heavy atom. The van der Waals surface area contributed by atoms with Crippen molar-refractivity contribution in [1.82, 2.24) is 52.8 Å². The van der Waals surface area contributed by atoms with Crippen molar-refractivity contribution in [2.45, 2.75) is 166 Å². The number of hydrogen-bond donors (Lipinski definition) is 15. The van der Waals surface area contributed by atoms with Crippen LogP contribution in [0, 0.1) is 11.8 Å². The SMILES string of the molecule is CC(=O)NCCSC(=O)[C@H](CC(C)C)NC(=O)[C@H](CCCN)NC(=O)[C@@H](NC(=O)[C@H](Cc1ccc(O)cc1)NC(=O)[C@H](CCC(N)=O)NC(=O)[C@H](CC(N)=O)NC(=O)[C@H](CS)NC(=O)[C@H](Cc1ccccc1)NC(=O)[C@@H]1CCCN1C(=O)[C@H](N)Cc1ccccc1)C(C)C. The van der Waals surface area contributed by atoms with E-state index in [1.165, 1.54) is 36.1 Å². The molecule has 0 spiro atoms. The van der Waals surface area contributed by atoms with Crippen molar-refractivity contribution >= 4 is 100 Å². The van der Waals surface area contributed by atoms with E-state index in [1.54, 1.807) is 44.2 Å². The minimum absolute atomic E-state index is 0.0363. The molecule has 0 aromatic heterocycles. The normalized spacial score (nSPS) is 15.6. The monoisotopic (exact) mass is 1340 g/mol. The van der Waals surface area contributed by atoms with Crippen LogP contribution in [0.1, 0.15) is 103 Å². The highest BCUT2D eigenvalue weighted by molar-refractivity contribution is 8.13. The van der Waals surface area contributed by atoms with Crippen LogP contribution in [0.4, 0.5) is 0 Å². The largest absolute Gasteiger partial charge is 0.508 e. The molecule has 0 unspecified atom stereocenters. The van der Waals surface area contributed by atoms with Crippen LogP contribution < -0.4 is 70.8 Å². The lowest BCUT2D eigenvalue weighted by Crippen LogP contribution is -2.61. The van der Waals surface area contributed by atoms with E-state index in [-0.39, 0.29) is 93.0 Å². The molecule has 3 aromatic carbocycles. The smallest absolute Gasteiger partial charge is 0.244 e. The van der Waals surface area contributed by atoms with Crippen molar-refractivity contribution in [3.63, 3.8) is 0 Å². The minimum atomic E-state index is -1.86. The first-order valence-electron chi connectivity index (χ1n) is 31.2. The van der Waals surface area contributed by atoms with Crippen molar-refractivity contribution < 1.29 is 67.4 Å². The fourth-order valence-corrected chi connectivity index (χ4v) is 11.2. The molecule has 0 radical (unpaired) electrons. The number of likely N-dealkylation sites (tertiary alicyclic amines) is 1. The number of nitrogens with two attached hydrogens (primary N) is 4. The molecule has 10 atom stereocenters. The molecule has 1 fully saturated rings. The van der Waals surface area contributed by atoms with Gasteiger partial charge in [-0.15, -0.1) is 0 Å². The Hall–Kier alpha value is -8.61. The van der Waals surface area contributed by atoms with E-state index in [1.807, 2.05) is 44.2 Å². The third kappa shape index (κ3) is 26.8. The number of carbonyl (C=O) groups excluding carboxylic acids is 13. The molecule has 12 amide bonds. The number of thiol groups is 1. The summed E-state index contributed by atoms with van der Waals surface area (Å²) in [6, 6.07) is 9.71. The van der Waals surface area contributed by atoms with Crippen molar-refractivity contribution in [2.75, 3.05) is 31.1 Å². The first-order valence-corrected chi connectivity index (χ1v) is 32.9. The molecule has 1 aliphatic heterocycles. The predicted molar refractivity (Wildman–Crippen MR) is 355 cm³/mol. The molecular formula is C64H92N14O14S2. The standard InChI is InChI=1S/C64H92N14O14S2/c1-36(2)30-49(64(92)94-29-27-69-38(5)79)75-55(83)44(18-12-26-65)71-62(90)54(37(3)4)77-59(87)47(33-41-20-22-42(80)23-21-41)72-56(84)45(24-25-52(67)81)70-58(86)48(34-53(68)82)73-60(88)50(35-93)76-57(85)46(32-40-16-10-7-11-17-40)74-61(89)51-19-13-28-78(51)63(91)43(66)31-39-14-8-6-9-15-39/h6-11,14-17,20-23,36-37,43-51,54,80,93H,12-13,18-19,24-35,65-66H2,1-5H3,(H2,67,81)(H2,68,82)(H,69,79)(H,70,86)(H,71,90)(H,72,84)(H,73,88)(H,74,89)(H,75,83)(H,76,85)(H,77,87)/t43-,44+,45+,46+,47+,48+,49+,50+,51+,54+/m1/s1. The number of phenolic OH excluding ortho intramolecular Hbond substituents is 1. The van der Waals surface area contributed by atoms with Gasteiger partial charge in [-0.05, 0) is 92.1 Å². The van der Waals surface area contributed by atoms with Gasteiger partial charge in [-0.25, -0.2) is 0 Å². The molecule has 1 aliphatic rings. The molecule has 94 heavy (non-hydrogen) atoms. The number of hydrogen-bond acceptors (Lipinski definition) is 18. The Morgan fingerprint density at radius 3 is 1.64 bits per heavy atom. The maximum Gasteiger partial charge on any atom is 0.244 e. The molecular weight excluding hydrogens is 1250 g/mol. The summed E-state index contributed by atoms with van der Waals surface area (Å²) in [5, 5.41) is 33.1. The molecule has 28 nitrogen and oxygen atoms in total. The summed E-state index contributed by atoms with van der Waals surface area (Å²) < 4.78 is 0. The first-order chi connectivity index (χ1) is 44.6. The average molecular weight is 1350 g/mol. The van der Waals surface area contributed by atoms with E-state index in [4.69, 9.17) is 22.9 Å². The van der Waals surface area contributed by atoms with Crippen LogP contribution in [0.5, 0.6) is 5.75 Å². The predicted octanol–water partition coefficient (Wildman–Crippen LogP) is -1.48. The number of thioether (sulfide) groups is 1. The highest BCUT2D eigenvalue weighted by Crippen LogP contribution is 2.21. The van der Waals surface area contributed by atoms with Crippen LogP contribution in [0.2, 0.25) is 0 Å². The van der Waals surface area contributed by atoms with Crippen LogP contribution in [-0.4, -0.2) is 178 Å². The number of phenols is 1. The summed E-state index contributed by atoms with van der Waals surface area (Å²) in [5.41, 5.74) is 25.1. The molecule has 3 aromatic rings. The fraction of sp³-hybridized carbons (Fsp3) is 0.516.